The number of Topliss-reactive ketones (excluding diaryl/α,β-unsaturated/α-hetero) is 1. The maximum absolute atomic E-state index is 12.5. The van der Waals surface area contributed by atoms with E-state index in [1.54, 1.807) is 6.92 Å². The molecule has 66 valence electrons. The van der Waals surface area contributed by atoms with Crippen molar-refractivity contribution < 1.29 is 18.3 Å². The van der Waals surface area contributed by atoms with E-state index in [1.165, 1.54) is 0 Å². The molecule has 0 bridgehead atoms. The molecule has 0 aromatic heterocycles. The predicted molar refractivity (Wildman–Crippen MR) is 41.1 cm³/mol. The van der Waals surface area contributed by atoms with E-state index >= 15 is 0 Å². The lowest BCUT2D eigenvalue weighted by molar-refractivity contribution is -0.120. The summed E-state index contributed by atoms with van der Waals surface area (Å²) in [6, 6.07) is 0. The summed E-state index contributed by atoms with van der Waals surface area (Å²) < 4.78 is 27.8. The van der Waals surface area contributed by atoms with E-state index in [9.17, 15) is 13.8 Å². The maximum atomic E-state index is 12.5. The molecular weight excluding hydrogens is 170 g/mol. The predicted octanol–water partition coefficient (Wildman–Crippen LogP) is 1.42. The molecule has 0 saturated carbocycles. The third-order valence-corrected chi connectivity index (χ3v) is 2.39. The smallest absolute Gasteiger partial charge is 0.194 e. The Morgan fingerprint density at radius 1 is 1.73 bits per heavy atom. The van der Waals surface area contributed by atoms with E-state index in [0.29, 0.717) is 6.61 Å². The molecule has 2 unspecified atom stereocenters. The van der Waals surface area contributed by atoms with Crippen LogP contribution < -0.4 is 0 Å². The second kappa shape index (κ2) is 5.44. The average molecular weight is 182 g/mol. The molecule has 0 rings (SSSR count). The molecule has 0 amide bonds. The van der Waals surface area contributed by atoms with Crippen molar-refractivity contribution in [2.75, 3.05) is 12.8 Å². The lowest BCUT2D eigenvalue weighted by atomic mass is 10.3. The number of carbonyl (C=O) groups is 1. The molecule has 0 aliphatic rings. The molecule has 0 aliphatic carbocycles. The van der Waals surface area contributed by atoms with Crippen molar-refractivity contribution in [3.8, 4) is 0 Å². The summed E-state index contributed by atoms with van der Waals surface area (Å²) in [4.78, 5) is 10.3. The van der Waals surface area contributed by atoms with Gasteiger partial charge < -0.3 is 4.52 Å². The van der Waals surface area contributed by atoms with Gasteiger partial charge in [-0.2, -0.15) is 0 Å². The van der Waals surface area contributed by atoms with E-state index in [2.05, 4.69) is 4.52 Å². The van der Waals surface area contributed by atoms with Gasteiger partial charge in [0.1, 0.15) is 0 Å². The Labute approximate surface area is 65.8 Å². The van der Waals surface area contributed by atoms with Crippen molar-refractivity contribution in [3.05, 3.63) is 0 Å². The highest BCUT2D eigenvalue weighted by Crippen LogP contribution is 2.23. The van der Waals surface area contributed by atoms with Crippen molar-refractivity contribution in [1.29, 1.82) is 0 Å². The average Bonchev–Trinajstić information content (AvgIpc) is 1.87. The minimum absolute atomic E-state index is 0.284. The van der Waals surface area contributed by atoms with Crippen LogP contribution in [-0.2, 0) is 13.9 Å². The summed E-state index contributed by atoms with van der Waals surface area (Å²) in [5, 5.41) is 0. The van der Waals surface area contributed by atoms with Crippen LogP contribution >= 0.6 is 8.03 Å². The van der Waals surface area contributed by atoms with Gasteiger partial charge in [-0.25, -0.2) is 4.39 Å². The third kappa shape index (κ3) is 5.10. The minimum atomic E-state index is -2.33. The lowest BCUT2D eigenvalue weighted by Crippen LogP contribution is -2.14. The largest absolute Gasteiger partial charge is 0.331 e. The maximum Gasteiger partial charge on any atom is 0.194 e. The van der Waals surface area contributed by atoms with E-state index < -0.39 is 20.0 Å². The molecule has 0 fully saturated rings. The summed E-state index contributed by atoms with van der Waals surface area (Å²) in [7, 11) is -2.33. The first-order chi connectivity index (χ1) is 5.07. The second-order valence-electron chi connectivity index (χ2n) is 2.09. The van der Waals surface area contributed by atoms with Crippen LogP contribution in [0.15, 0.2) is 0 Å². The Hall–Kier alpha value is -0.210. The van der Waals surface area contributed by atoms with Gasteiger partial charge in [-0.15, -0.1) is 0 Å². The molecule has 11 heavy (non-hydrogen) atoms. The molecule has 3 nitrogen and oxygen atoms in total. The molecule has 0 aromatic carbocycles. The number of carbonyl (C=O) groups excluding carboxylic acids is 1. The van der Waals surface area contributed by atoms with Crippen LogP contribution in [0.1, 0.15) is 13.8 Å². The fourth-order valence-corrected chi connectivity index (χ4v) is 1.53. The molecule has 0 spiro atoms. The summed E-state index contributed by atoms with van der Waals surface area (Å²) >= 11 is 0. The van der Waals surface area contributed by atoms with Crippen molar-refractivity contribution in [1.82, 2.24) is 0 Å². The van der Waals surface area contributed by atoms with Crippen LogP contribution in [0.25, 0.3) is 0 Å². The molecule has 0 N–H and O–H groups in total. The van der Waals surface area contributed by atoms with Gasteiger partial charge in [0.2, 0.25) is 0 Å². The van der Waals surface area contributed by atoms with Crippen LogP contribution in [0.4, 0.5) is 4.39 Å². The van der Waals surface area contributed by atoms with Crippen molar-refractivity contribution >= 4 is 13.8 Å². The zero-order valence-electron chi connectivity index (χ0n) is 6.59. The van der Waals surface area contributed by atoms with Crippen molar-refractivity contribution in [3.63, 3.8) is 0 Å². The molecule has 5 heteroatoms. The number of hydrogen-bond donors (Lipinski definition) is 0. The SMILES string of the molecule is CCO[PH](=O)CC(F)C(C)=O. The highest BCUT2D eigenvalue weighted by molar-refractivity contribution is 7.39. The zero-order valence-corrected chi connectivity index (χ0v) is 7.59. The Bertz CT molecular complexity index is 160. The number of ketones is 1. The highest BCUT2D eigenvalue weighted by Gasteiger charge is 2.15. The van der Waals surface area contributed by atoms with Crippen LogP contribution in [0.5, 0.6) is 0 Å². The molecule has 0 aromatic rings. The number of halogens is 1. The number of alkyl halides is 1. The van der Waals surface area contributed by atoms with Crippen LogP contribution in [0, 0.1) is 0 Å². The number of rotatable bonds is 5. The van der Waals surface area contributed by atoms with Gasteiger partial charge >= 0.3 is 0 Å². The molecule has 2 atom stereocenters. The van der Waals surface area contributed by atoms with Crippen molar-refractivity contribution in [2.45, 2.75) is 20.0 Å². The van der Waals surface area contributed by atoms with E-state index in [1.807, 2.05) is 0 Å². The van der Waals surface area contributed by atoms with Gasteiger partial charge in [-0.05, 0) is 13.8 Å². The van der Waals surface area contributed by atoms with Gasteiger partial charge in [0.25, 0.3) is 0 Å². The Balaban J connectivity index is 3.66. The zero-order chi connectivity index (χ0) is 8.85. The van der Waals surface area contributed by atoms with Crippen molar-refractivity contribution in [2.24, 2.45) is 0 Å². The number of hydrogen-bond acceptors (Lipinski definition) is 3. The first-order valence-corrected chi connectivity index (χ1v) is 4.90. The second-order valence-corrected chi connectivity index (χ2v) is 3.53. The van der Waals surface area contributed by atoms with Crippen LogP contribution in [0.2, 0.25) is 0 Å². The Morgan fingerprint density at radius 3 is 2.64 bits per heavy atom. The van der Waals surface area contributed by atoms with Gasteiger partial charge in [-0.3, -0.25) is 9.36 Å². The van der Waals surface area contributed by atoms with Crippen LogP contribution in [0.3, 0.4) is 0 Å². The van der Waals surface area contributed by atoms with E-state index in [0.717, 1.165) is 6.92 Å². The summed E-state index contributed by atoms with van der Waals surface area (Å²) in [5.74, 6) is -0.594. The van der Waals surface area contributed by atoms with Gasteiger partial charge in [0.05, 0.1) is 12.8 Å². The standard InChI is InChI=1S/C6H12FO3P/c1-3-10-11(9)4-6(7)5(2)8/h6,11H,3-4H2,1-2H3. The lowest BCUT2D eigenvalue weighted by Gasteiger charge is -2.03. The first kappa shape index (κ1) is 10.8. The normalized spacial score (nSPS) is 15.9. The molecule has 0 aliphatic heterocycles. The van der Waals surface area contributed by atoms with Crippen LogP contribution in [-0.4, -0.2) is 24.7 Å². The summed E-state index contributed by atoms with van der Waals surface area (Å²) in [5.41, 5.74) is 0. The van der Waals surface area contributed by atoms with Gasteiger partial charge in [-0.1, -0.05) is 0 Å². The topological polar surface area (TPSA) is 43.4 Å². The highest BCUT2D eigenvalue weighted by atomic mass is 31.1. The monoisotopic (exact) mass is 182 g/mol. The molecule has 0 radical (unpaired) electrons. The van der Waals surface area contributed by atoms with Gasteiger partial charge in [0.15, 0.2) is 20.0 Å². The first-order valence-electron chi connectivity index (χ1n) is 3.38. The van der Waals surface area contributed by atoms with E-state index in [4.69, 9.17) is 0 Å². The molecular formula is C6H12FO3P. The Morgan fingerprint density at radius 2 is 2.27 bits per heavy atom. The third-order valence-electron chi connectivity index (χ3n) is 1.09. The van der Waals surface area contributed by atoms with Gasteiger partial charge in [0, 0.05) is 0 Å². The summed E-state index contributed by atoms with van der Waals surface area (Å²) in [6.45, 7) is 3.09. The minimum Gasteiger partial charge on any atom is -0.331 e. The summed E-state index contributed by atoms with van der Waals surface area (Å²) in [6.07, 6.45) is -1.92. The molecule has 0 saturated heterocycles. The Kier molecular flexibility index (Phi) is 5.34. The quantitative estimate of drug-likeness (QED) is 0.604. The molecule has 0 heterocycles. The fraction of sp³-hybridized carbons (Fsp3) is 0.833. The van der Waals surface area contributed by atoms with E-state index in [-0.39, 0.29) is 6.16 Å². The fourth-order valence-electron chi connectivity index (χ4n) is 0.510.